The number of benzene rings is 1. The number of nitrogens with zero attached hydrogens (tertiary/aromatic N) is 3. The first-order valence-electron chi connectivity index (χ1n) is 7.48. The minimum absolute atomic E-state index is 0.102. The quantitative estimate of drug-likeness (QED) is 0.662. The molecule has 1 aromatic carbocycles. The lowest BCUT2D eigenvalue weighted by atomic mass is 10.0. The molecule has 4 rings (SSSR count). The maximum Gasteiger partial charge on any atom is 0.337 e. The van der Waals surface area contributed by atoms with Crippen LogP contribution in [0.2, 0.25) is 15.1 Å². The van der Waals surface area contributed by atoms with E-state index in [2.05, 4.69) is 15.3 Å². The number of carboxylic acid groups (broad SMARTS) is 1. The number of halogens is 3. The van der Waals surface area contributed by atoms with Crippen molar-refractivity contribution in [1.82, 2.24) is 14.5 Å². The summed E-state index contributed by atoms with van der Waals surface area (Å²) in [6.45, 7) is 1.45. The Morgan fingerprint density at radius 1 is 1.28 bits per heavy atom. The second-order valence-electron chi connectivity index (χ2n) is 5.64. The summed E-state index contributed by atoms with van der Waals surface area (Å²) in [6.07, 6.45) is 2.31. The molecule has 0 saturated carbocycles. The van der Waals surface area contributed by atoms with Crippen LogP contribution >= 0.6 is 34.8 Å². The standard InChI is InChI=1S/C16H11Cl3N4O2/c17-7-4-10(18)12(21-6-7)8-5-9(15(24)25)14-13(11(8)19)22-16-20-2-1-3-23(14)16/h4-6H,1-3H2,(H,20,22)(H,24,25). The van der Waals surface area contributed by atoms with Crippen LogP contribution in [0.1, 0.15) is 16.8 Å². The van der Waals surface area contributed by atoms with Gasteiger partial charge < -0.3 is 15.0 Å². The number of pyridine rings is 1. The summed E-state index contributed by atoms with van der Waals surface area (Å²) in [4.78, 5) is 20.5. The summed E-state index contributed by atoms with van der Waals surface area (Å²) in [7, 11) is 0. The van der Waals surface area contributed by atoms with Crippen molar-refractivity contribution in [2.45, 2.75) is 13.0 Å². The summed E-state index contributed by atoms with van der Waals surface area (Å²) >= 11 is 18.7. The van der Waals surface area contributed by atoms with Gasteiger partial charge in [0.1, 0.15) is 5.52 Å². The van der Waals surface area contributed by atoms with E-state index in [9.17, 15) is 9.90 Å². The van der Waals surface area contributed by atoms with Crippen molar-refractivity contribution in [3.05, 3.63) is 39.0 Å². The molecule has 25 heavy (non-hydrogen) atoms. The molecule has 3 aromatic rings. The lowest BCUT2D eigenvalue weighted by Gasteiger charge is -2.17. The average Bonchev–Trinajstić information content (AvgIpc) is 2.96. The van der Waals surface area contributed by atoms with E-state index in [1.54, 1.807) is 0 Å². The lowest BCUT2D eigenvalue weighted by molar-refractivity contribution is 0.0698. The molecule has 3 heterocycles. The van der Waals surface area contributed by atoms with Crippen LogP contribution in [0.15, 0.2) is 18.3 Å². The minimum Gasteiger partial charge on any atom is -0.478 e. The van der Waals surface area contributed by atoms with Crippen molar-refractivity contribution in [3.8, 4) is 11.3 Å². The van der Waals surface area contributed by atoms with E-state index < -0.39 is 5.97 Å². The molecule has 9 heteroatoms. The number of nitrogens with one attached hydrogen (secondary N) is 1. The van der Waals surface area contributed by atoms with E-state index in [4.69, 9.17) is 34.8 Å². The molecule has 0 unspecified atom stereocenters. The largest absolute Gasteiger partial charge is 0.478 e. The number of carbonyl (C=O) groups is 1. The number of anilines is 1. The molecule has 0 aliphatic carbocycles. The van der Waals surface area contributed by atoms with Crippen LogP contribution in [-0.4, -0.2) is 32.2 Å². The highest BCUT2D eigenvalue weighted by Gasteiger charge is 2.25. The Kier molecular flexibility index (Phi) is 3.98. The predicted molar refractivity (Wildman–Crippen MR) is 98.1 cm³/mol. The highest BCUT2D eigenvalue weighted by atomic mass is 35.5. The average molecular weight is 398 g/mol. The molecule has 2 aromatic heterocycles. The Labute approximate surface area is 157 Å². The summed E-state index contributed by atoms with van der Waals surface area (Å²) < 4.78 is 1.84. The maximum absolute atomic E-state index is 11.9. The molecule has 6 nitrogen and oxygen atoms in total. The third kappa shape index (κ3) is 2.61. The second-order valence-corrected chi connectivity index (χ2v) is 6.86. The van der Waals surface area contributed by atoms with Gasteiger partial charge >= 0.3 is 5.97 Å². The van der Waals surface area contributed by atoms with Gasteiger partial charge in [0, 0.05) is 24.8 Å². The Morgan fingerprint density at radius 3 is 2.80 bits per heavy atom. The number of rotatable bonds is 2. The van der Waals surface area contributed by atoms with Crippen molar-refractivity contribution in [1.29, 1.82) is 0 Å². The molecule has 0 spiro atoms. The topological polar surface area (TPSA) is 80.0 Å². The third-order valence-electron chi connectivity index (χ3n) is 4.09. The van der Waals surface area contributed by atoms with Gasteiger partial charge in [-0.2, -0.15) is 0 Å². The van der Waals surface area contributed by atoms with Gasteiger partial charge in [-0.25, -0.2) is 9.78 Å². The van der Waals surface area contributed by atoms with E-state index in [0.717, 1.165) is 13.0 Å². The molecule has 0 fully saturated rings. The first-order chi connectivity index (χ1) is 12.0. The highest BCUT2D eigenvalue weighted by Crippen LogP contribution is 2.40. The number of aromatic nitrogens is 3. The van der Waals surface area contributed by atoms with Gasteiger partial charge in [0.15, 0.2) is 0 Å². The van der Waals surface area contributed by atoms with E-state index in [-0.39, 0.29) is 10.6 Å². The summed E-state index contributed by atoms with van der Waals surface area (Å²) in [6, 6.07) is 3.02. The van der Waals surface area contributed by atoms with Crippen LogP contribution in [0, 0.1) is 0 Å². The highest BCUT2D eigenvalue weighted by molar-refractivity contribution is 6.40. The maximum atomic E-state index is 11.9. The molecule has 0 bridgehead atoms. The molecule has 1 aliphatic rings. The van der Waals surface area contributed by atoms with Gasteiger partial charge in [-0.3, -0.25) is 4.98 Å². The van der Waals surface area contributed by atoms with E-state index >= 15 is 0 Å². The lowest BCUT2D eigenvalue weighted by Crippen LogP contribution is -2.17. The van der Waals surface area contributed by atoms with Crippen molar-refractivity contribution in [3.63, 3.8) is 0 Å². The van der Waals surface area contributed by atoms with Crippen LogP contribution in [0.4, 0.5) is 5.95 Å². The summed E-state index contributed by atoms with van der Waals surface area (Å²) in [5.41, 5.74) is 1.77. The van der Waals surface area contributed by atoms with Gasteiger partial charge in [0.05, 0.1) is 31.8 Å². The Balaban J connectivity index is 2.07. The zero-order valence-corrected chi connectivity index (χ0v) is 15.0. The summed E-state index contributed by atoms with van der Waals surface area (Å²) in [5.74, 6) is -0.459. The number of hydrogen-bond donors (Lipinski definition) is 2. The van der Waals surface area contributed by atoms with Crippen LogP contribution in [0.5, 0.6) is 0 Å². The Hall–Kier alpha value is -2.02. The fraction of sp³-hybridized carbons (Fsp3) is 0.188. The Bertz CT molecular complexity index is 1030. The Morgan fingerprint density at radius 2 is 2.08 bits per heavy atom. The molecule has 0 atom stereocenters. The summed E-state index contributed by atoms with van der Waals surface area (Å²) in [5, 5.41) is 13.8. The predicted octanol–water partition coefficient (Wildman–Crippen LogP) is 4.57. The van der Waals surface area contributed by atoms with Gasteiger partial charge in [-0.15, -0.1) is 0 Å². The van der Waals surface area contributed by atoms with Gasteiger partial charge in [0.2, 0.25) is 5.95 Å². The number of fused-ring (bicyclic) bond motifs is 3. The van der Waals surface area contributed by atoms with E-state index in [1.165, 1.54) is 18.3 Å². The normalized spacial score (nSPS) is 13.6. The van der Waals surface area contributed by atoms with Gasteiger partial charge in [0.25, 0.3) is 0 Å². The van der Waals surface area contributed by atoms with Crippen LogP contribution in [-0.2, 0) is 6.54 Å². The zero-order valence-electron chi connectivity index (χ0n) is 12.7. The number of imidazole rings is 1. The third-order valence-corrected chi connectivity index (χ3v) is 4.97. The molecule has 0 radical (unpaired) electrons. The smallest absolute Gasteiger partial charge is 0.337 e. The molecular formula is C16H11Cl3N4O2. The van der Waals surface area contributed by atoms with Crippen molar-refractivity contribution in [2.75, 3.05) is 11.9 Å². The fourth-order valence-corrected chi connectivity index (χ4v) is 3.78. The van der Waals surface area contributed by atoms with Crippen LogP contribution in [0.3, 0.4) is 0 Å². The van der Waals surface area contributed by atoms with E-state index in [1.807, 2.05) is 4.57 Å². The molecule has 0 amide bonds. The number of hydrogen-bond acceptors (Lipinski definition) is 4. The second kappa shape index (κ2) is 6.05. The number of aryl methyl sites for hydroxylation is 1. The molecular weight excluding hydrogens is 387 g/mol. The SMILES string of the molecule is O=C(O)c1cc(-c2ncc(Cl)cc2Cl)c(Cl)c2nc3n(c12)CCCN3. The van der Waals surface area contributed by atoms with Gasteiger partial charge in [-0.05, 0) is 18.6 Å². The monoisotopic (exact) mass is 396 g/mol. The van der Waals surface area contributed by atoms with E-state index in [0.29, 0.717) is 44.8 Å². The molecule has 2 N–H and O–H groups in total. The molecule has 0 saturated heterocycles. The molecule has 128 valence electrons. The number of carboxylic acids is 1. The first kappa shape index (κ1) is 16.4. The fourth-order valence-electron chi connectivity index (χ4n) is 3.02. The van der Waals surface area contributed by atoms with Crippen LogP contribution in [0.25, 0.3) is 22.3 Å². The van der Waals surface area contributed by atoms with Gasteiger partial charge in [-0.1, -0.05) is 34.8 Å². The van der Waals surface area contributed by atoms with Crippen molar-refractivity contribution >= 4 is 57.8 Å². The number of aromatic carboxylic acids is 1. The molecule has 1 aliphatic heterocycles. The first-order valence-corrected chi connectivity index (χ1v) is 8.62. The minimum atomic E-state index is -1.07. The van der Waals surface area contributed by atoms with Crippen molar-refractivity contribution < 1.29 is 9.90 Å². The van der Waals surface area contributed by atoms with Crippen molar-refractivity contribution in [2.24, 2.45) is 0 Å². The zero-order chi connectivity index (χ0) is 17.7. The van der Waals surface area contributed by atoms with Crippen LogP contribution < -0.4 is 5.32 Å².